The largest absolute Gasteiger partial charge is 0.325 e. The van der Waals surface area contributed by atoms with Crippen LogP contribution in [-0.2, 0) is 9.84 Å². The van der Waals surface area contributed by atoms with Gasteiger partial charge in [0.2, 0.25) is 0 Å². The maximum absolute atomic E-state index is 12.5. The molecule has 1 aliphatic heterocycles. The van der Waals surface area contributed by atoms with Gasteiger partial charge in [-0.2, -0.15) is 0 Å². The number of amides is 2. The molecule has 2 amide bonds. The minimum absolute atomic E-state index is 0.00895. The summed E-state index contributed by atoms with van der Waals surface area (Å²) in [5.41, 5.74) is 0.527. The van der Waals surface area contributed by atoms with E-state index in [0.717, 1.165) is 19.1 Å². The Morgan fingerprint density at radius 2 is 2.09 bits per heavy atom. The van der Waals surface area contributed by atoms with E-state index in [1.807, 2.05) is 13.8 Å². The molecule has 1 fully saturated rings. The van der Waals surface area contributed by atoms with Gasteiger partial charge in [0.1, 0.15) is 11.2 Å². The third-order valence-electron chi connectivity index (χ3n) is 4.22. The number of sulfone groups is 1. The van der Waals surface area contributed by atoms with Crippen LogP contribution in [0.2, 0.25) is 0 Å². The van der Waals surface area contributed by atoms with Gasteiger partial charge in [-0.3, -0.25) is 0 Å². The Labute approximate surface area is 137 Å². The van der Waals surface area contributed by atoms with Gasteiger partial charge in [0.15, 0.2) is 9.84 Å². The first-order chi connectivity index (χ1) is 10.9. The van der Waals surface area contributed by atoms with Crippen LogP contribution in [0, 0.1) is 0 Å². The number of aromatic nitrogens is 2. The van der Waals surface area contributed by atoms with E-state index in [9.17, 15) is 13.2 Å². The zero-order chi connectivity index (χ0) is 17.0. The molecule has 0 unspecified atom stereocenters. The maximum atomic E-state index is 12.5. The summed E-state index contributed by atoms with van der Waals surface area (Å²) in [7, 11) is -3.39. The fourth-order valence-electron chi connectivity index (χ4n) is 2.99. The van der Waals surface area contributed by atoms with Crippen LogP contribution in [0.5, 0.6) is 0 Å². The highest BCUT2D eigenvalue weighted by Gasteiger charge is 2.30. The standard InChI is InChI=1S/C15H24N4O3S/c1-4-18(5-2)15(20)19-8-6-7-12(10-19)14-13(23(3,21)22)9-16-11-17-14/h9,11-12H,4-8,10H2,1-3H3/t12-/m0/s1. The predicted molar refractivity (Wildman–Crippen MR) is 87.0 cm³/mol. The number of hydrogen-bond donors (Lipinski definition) is 0. The molecule has 0 saturated carbocycles. The van der Waals surface area contributed by atoms with Crippen molar-refractivity contribution in [3.8, 4) is 0 Å². The Bertz CT molecular complexity index is 658. The molecule has 8 heteroatoms. The molecule has 0 N–H and O–H groups in total. The first-order valence-electron chi connectivity index (χ1n) is 7.92. The lowest BCUT2D eigenvalue weighted by molar-refractivity contribution is 0.141. The van der Waals surface area contributed by atoms with Gasteiger partial charge in [-0.05, 0) is 26.7 Å². The molecule has 7 nitrogen and oxygen atoms in total. The molecule has 1 atom stereocenters. The molecular weight excluding hydrogens is 316 g/mol. The molecule has 1 aromatic heterocycles. The minimum Gasteiger partial charge on any atom is -0.325 e. The van der Waals surface area contributed by atoms with Crippen LogP contribution >= 0.6 is 0 Å². The van der Waals surface area contributed by atoms with Gasteiger partial charge in [0.05, 0.1) is 5.69 Å². The zero-order valence-electron chi connectivity index (χ0n) is 13.9. The number of carbonyl (C=O) groups excluding carboxylic acids is 1. The molecule has 0 spiro atoms. The molecule has 2 rings (SSSR count). The lowest BCUT2D eigenvalue weighted by Gasteiger charge is -2.36. The smallest absolute Gasteiger partial charge is 0.319 e. The Kier molecular flexibility index (Phi) is 5.56. The highest BCUT2D eigenvalue weighted by molar-refractivity contribution is 7.90. The number of urea groups is 1. The lowest BCUT2D eigenvalue weighted by atomic mass is 9.94. The number of likely N-dealkylation sites (tertiary alicyclic amines) is 1. The minimum atomic E-state index is -3.39. The second-order valence-corrected chi connectivity index (χ2v) is 7.77. The van der Waals surface area contributed by atoms with Gasteiger partial charge in [-0.15, -0.1) is 0 Å². The molecule has 1 aromatic rings. The Hall–Kier alpha value is -1.70. The fourth-order valence-corrected chi connectivity index (χ4v) is 3.84. The third-order valence-corrected chi connectivity index (χ3v) is 5.33. The van der Waals surface area contributed by atoms with Crippen molar-refractivity contribution in [1.82, 2.24) is 19.8 Å². The number of piperidine rings is 1. The molecular formula is C15H24N4O3S. The maximum Gasteiger partial charge on any atom is 0.319 e. The SMILES string of the molecule is CCN(CC)C(=O)N1CCC[C@H](c2ncncc2S(C)(=O)=O)C1. The normalized spacial score (nSPS) is 18.7. The van der Waals surface area contributed by atoms with Crippen LogP contribution in [0.25, 0.3) is 0 Å². The van der Waals surface area contributed by atoms with Crippen molar-refractivity contribution in [2.24, 2.45) is 0 Å². The molecule has 0 radical (unpaired) electrons. The van der Waals surface area contributed by atoms with E-state index >= 15 is 0 Å². The third kappa shape index (κ3) is 3.99. The fraction of sp³-hybridized carbons (Fsp3) is 0.667. The first-order valence-corrected chi connectivity index (χ1v) is 9.81. The van der Waals surface area contributed by atoms with Crippen molar-refractivity contribution in [2.75, 3.05) is 32.4 Å². The number of rotatable bonds is 4. The van der Waals surface area contributed by atoms with Gasteiger partial charge in [0.25, 0.3) is 0 Å². The summed E-state index contributed by atoms with van der Waals surface area (Å²) in [6, 6.07) is 0.00895. The molecule has 0 aliphatic carbocycles. The summed E-state index contributed by atoms with van der Waals surface area (Å²) >= 11 is 0. The molecule has 0 aromatic carbocycles. The van der Waals surface area contributed by atoms with Crippen LogP contribution in [0.1, 0.15) is 38.3 Å². The Balaban J connectivity index is 2.24. The van der Waals surface area contributed by atoms with E-state index < -0.39 is 9.84 Å². The first kappa shape index (κ1) is 17.7. The van der Waals surface area contributed by atoms with Crippen LogP contribution < -0.4 is 0 Å². The van der Waals surface area contributed by atoms with Crippen LogP contribution in [-0.4, -0.2) is 66.7 Å². The van der Waals surface area contributed by atoms with Crippen molar-refractivity contribution < 1.29 is 13.2 Å². The molecule has 1 saturated heterocycles. The molecule has 0 bridgehead atoms. The molecule has 2 heterocycles. The predicted octanol–water partition coefficient (Wildman–Crippen LogP) is 1.52. The van der Waals surface area contributed by atoms with Crippen molar-refractivity contribution >= 4 is 15.9 Å². The second kappa shape index (κ2) is 7.25. The van der Waals surface area contributed by atoms with E-state index in [1.54, 1.807) is 9.80 Å². The average molecular weight is 340 g/mol. The van der Waals surface area contributed by atoms with Gasteiger partial charge >= 0.3 is 6.03 Å². The number of carbonyl (C=O) groups is 1. The zero-order valence-corrected chi connectivity index (χ0v) is 14.7. The van der Waals surface area contributed by atoms with Crippen LogP contribution in [0.15, 0.2) is 17.4 Å². The van der Waals surface area contributed by atoms with Gasteiger partial charge < -0.3 is 9.80 Å². The van der Waals surface area contributed by atoms with Crippen molar-refractivity contribution in [3.05, 3.63) is 18.2 Å². The van der Waals surface area contributed by atoms with Gasteiger partial charge in [-0.25, -0.2) is 23.2 Å². The molecule has 128 valence electrons. The number of nitrogens with zero attached hydrogens (tertiary/aromatic N) is 4. The topological polar surface area (TPSA) is 83.5 Å². The van der Waals surface area contributed by atoms with E-state index in [-0.39, 0.29) is 16.8 Å². The highest BCUT2D eigenvalue weighted by atomic mass is 32.2. The van der Waals surface area contributed by atoms with Crippen LogP contribution in [0.4, 0.5) is 4.79 Å². The monoisotopic (exact) mass is 340 g/mol. The van der Waals surface area contributed by atoms with Crippen LogP contribution in [0.3, 0.4) is 0 Å². The summed E-state index contributed by atoms with van der Waals surface area (Å²) in [5.74, 6) is -0.0732. The van der Waals surface area contributed by atoms with Crippen molar-refractivity contribution in [2.45, 2.75) is 37.5 Å². The summed E-state index contributed by atoms with van der Waals surface area (Å²) in [6.45, 7) is 6.43. The summed E-state index contributed by atoms with van der Waals surface area (Å²) in [4.78, 5) is 24.3. The second-order valence-electron chi connectivity index (χ2n) is 5.78. The van der Waals surface area contributed by atoms with Crippen molar-refractivity contribution in [3.63, 3.8) is 0 Å². The van der Waals surface area contributed by atoms with Gasteiger partial charge in [-0.1, -0.05) is 0 Å². The molecule has 1 aliphatic rings. The Morgan fingerprint density at radius 1 is 1.39 bits per heavy atom. The van der Waals surface area contributed by atoms with E-state index in [2.05, 4.69) is 9.97 Å². The summed E-state index contributed by atoms with van der Waals surface area (Å²) in [5, 5.41) is 0. The van der Waals surface area contributed by atoms with Gasteiger partial charge in [0, 0.05) is 44.5 Å². The Morgan fingerprint density at radius 3 is 2.70 bits per heavy atom. The highest BCUT2D eigenvalue weighted by Crippen LogP contribution is 2.29. The van der Waals surface area contributed by atoms with Crippen molar-refractivity contribution in [1.29, 1.82) is 0 Å². The van der Waals surface area contributed by atoms with E-state index in [1.165, 1.54) is 12.5 Å². The van der Waals surface area contributed by atoms with E-state index in [0.29, 0.717) is 31.9 Å². The lowest BCUT2D eigenvalue weighted by Crippen LogP contribution is -2.47. The number of hydrogen-bond acceptors (Lipinski definition) is 5. The summed E-state index contributed by atoms with van der Waals surface area (Å²) in [6.07, 6.45) is 5.54. The molecule has 23 heavy (non-hydrogen) atoms. The average Bonchev–Trinajstić information content (AvgIpc) is 2.55. The quantitative estimate of drug-likeness (QED) is 0.830. The summed E-state index contributed by atoms with van der Waals surface area (Å²) < 4.78 is 23.9. The van der Waals surface area contributed by atoms with E-state index in [4.69, 9.17) is 0 Å².